The third-order valence-corrected chi connectivity index (χ3v) is 6.44. The van der Waals surface area contributed by atoms with Gasteiger partial charge in [0.1, 0.15) is 11.2 Å². The molecule has 0 aliphatic carbocycles. The van der Waals surface area contributed by atoms with Gasteiger partial charge in [-0.3, -0.25) is 9.36 Å². The van der Waals surface area contributed by atoms with Crippen LogP contribution in [0.3, 0.4) is 0 Å². The summed E-state index contributed by atoms with van der Waals surface area (Å²) in [6.45, 7) is 4.11. The predicted molar refractivity (Wildman–Crippen MR) is 94.1 cm³/mol. The number of fused-ring (bicyclic) bond motifs is 3. The minimum absolute atomic E-state index is 0.0735. The van der Waals surface area contributed by atoms with Crippen molar-refractivity contribution in [2.45, 2.75) is 44.2 Å². The highest BCUT2D eigenvalue weighted by Gasteiger charge is 2.32. The lowest BCUT2D eigenvalue weighted by Crippen LogP contribution is -2.35. The fourth-order valence-electron chi connectivity index (χ4n) is 3.01. The van der Waals surface area contributed by atoms with Crippen molar-refractivity contribution in [2.75, 3.05) is 7.05 Å². The van der Waals surface area contributed by atoms with Gasteiger partial charge in [-0.2, -0.15) is 4.31 Å². The molecule has 1 aliphatic heterocycles. The SMILES string of the molecule is CCC(CC)NC(=O)c1ncn2c1CN(C)S(=O)(=O)c1ccccc1-2. The molecule has 134 valence electrons. The normalized spacial score (nSPS) is 16.2. The van der Waals surface area contributed by atoms with E-state index < -0.39 is 10.0 Å². The third kappa shape index (κ3) is 2.96. The highest BCUT2D eigenvalue weighted by Crippen LogP contribution is 2.30. The molecule has 0 radical (unpaired) electrons. The van der Waals surface area contributed by atoms with Crippen LogP contribution in [0.25, 0.3) is 5.69 Å². The number of para-hydroxylation sites is 1. The first-order valence-corrected chi connectivity index (χ1v) is 9.77. The van der Waals surface area contributed by atoms with E-state index >= 15 is 0 Å². The molecule has 1 aromatic carbocycles. The van der Waals surface area contributed by atoms with Gasteiger partial charge >= 0.3 is 0 Å². The smallest absolute Gasteiger partial charge is 0.272 e. The molecule has 0 unspecified atom stereocenters. The van der Waals surface area contributed by atoms with Crippen LogP contribution in [0, 0.1) is 0 Å². The van der Waals surface area contributed by atoms with E-state index in [0.717, 1.165) is 12.8 Å². The molecule has 1 N–H and O–H groups in total. The second kappa shape index (κ2) is 6.61. The van der Waals surface area contributed by atoms with Gasteiger partial charge in [-0.1, -0.05) is 26.0 Å². The fraction of sp³-hybridized carbons (Fsp3) is 0.412. The Bertz CT molecular complexity index is 900. The summed E-state index contributed by atoms with van der Waals surface area (Å²) < 4.78 is 28.4. The van der Waals surface area contributed by atoms with Gasteiger partial charge in [-0.25, -0.2) is 13.4 Å². The number of hydrogen-bond acceptors (Lipinski definition) is 4. The monoisotopic (exact) mass is 362 g/mol. The number of sulfonamides is 1. The summed E-state index contributed by atoms with van der Waals surface area (Å²) in [6.07, 6.45) is 3.18. The van der Waals surface area contributed by atoms with Crippen molar-refractivity contribution < 1.29 is 13.2 Å². The number of rotatable bonds is 4. The largest absolute Gasteiger partial charge is 0.348 e. The molecule has 2 aromatic rings. The Balaban J connectivity index is 2.10. The van der Waals surface area contributed by atoms with Crippen LogP contribution in [0.2, 0.25) is 0 Å². The van der Waals surface area contributed by atoms with E-state index in [1.807, 2.05) is 13.8 Å². The number of nitrogens with one attached hydrogen (secondary N) is 1. The lowest BCUT2D eigenvalue weighted by Gasteiger charge is -2.16. The van der Waals surface area contributed by atoms with Gasteiger partial charge in [0.05, 0.1) is 17.9 Å². The summed E-state index contributed by atoms with van der Waals surface area (Å²) in [5.41, 5.74) is 1.35. The molecule has 25 heavy (non-hydrogen) atoms. The number of amides is 1. The maximum absolute atomic E-state index is 12.7. The molecule has 0 spiro atoms. The number of nitrogens with zero attached hydrogens (tertiary/aromatic N) is 3. The Morgan fingerprint density at radius 2 is 1.96 bits per heavy atom. The van der Waals surface area contributed by atoms with Crippen LogP contribution in [0.4, 0.5) is 0 Å². The van der Waals surface area contributed by atoms with E-state index in [0.29, 0.717) is 11.4 Å². The Labute approximate surface area is 147 Å². The van der Waals surface area contributed by atoms with Crippen molar-refractivity contribution in [2.24, 2.45) is 0 Å². The number of imidazole rings is 1. The van der Waals surface area contributed by atoms with Crippen molar-refractivity contribution in [3.8, 4) is 5.69 Å². The summed E-state index contributed by atoms with van der Waals surface area (Å²) in [5, 5.41) is 2.97. The van der Waals surface area contributed by atoms with Gasteiger partial charge < -0.3 is 5.32 Å². The molecular formula is C17H22N4O3S. The van der Waals surface area contributed by atoms with Crippen LogP contribution in [0.1, 0.15) is 42.9 Å². The number of hydrogen-bond donors (Lipinski definition) is 1. The van der Waals surface area contributed by atoms with Crippen molar-refractivity contribution in [3.63, 3.8) is 0 Å². The summed E-state index contributed by atoms with van der Waals surface area (Å²) in [7, 11) is -2.11. The highest BCUT2D eigenvalue weighted by molar-refractivity contribution is 7.89. The molecule has 1 aliphatic rings. The molecular weight excluding hydrogens is 340 g/mol. The minimum Gasteiger partial charge on any atom is -0.348 e. The van der Waals surface area contributed by atoms with Gasteiger partial charge in [0.15, 0.2) is 5.69 Å². The van der Waals surface area contributed by atoms with Crippen molar-refractivity contribution >= 4 is 15.9 Å². The van der Waals surface area contributed by atoms with Crippen LogP contribution >= 0.6 is 0 Å². The maximum Gasteiger partial charge on any atom is 0.272 e. The van der Waals surface area contributed by atoms with Crippen LogP contribution in [0.5, 0.6) is 0 Å². The lowest BCUT2D eigenvalue weighted by atomic mass is 10.1. The zero-order valence-electron chi connectivity index (χ0n) is 14.6. The fourth-order valence-corrected chi connectivity index (χ4v) is 4.32. The zero-order valence-corrected chi connectivity index (χ0v) is 15.4. The van der Waals surface area contributed by atoms with E-state index in [2.05, 4.69) is 10.3 Å². The summed E-state index contributed by atoms with van der Waals surface area (Å²) >= 11 is 0. The molecule has 3 rings (SSSR count). The highest BCUT2D eigenvalue weighted by atomic mass is 32.2. The quantitative estimate of drug-likeness (QED) is 0.901. The van der Waals surface area contributed by atoms with E-state index in [4.69, 9.17) is 0 Å². The molecule has 7 nitrogen and oxygen atoms in total. The maximum atomic E-state index is 12.7. The number of benzene rings is 1. The molecule has 0 saturated carbocycles. The molecule has 0 fully saturated rings. The molecule has 8 heteroatoms. The minimum atomic E-state index is -3.62. The number of carbonyl (C=O) groups is 1. The molecule has 1 amide bonds. The van der Waals surface area contributed by atoms with Gasteiger partial charge in [-0.05, 0) is 25.0 Å². The van der Waals surface area contributed by atoms with Gasteiger partial charge in [0.25, 0.3) is 5.91 Å². The average molecular weight is 362 g/mol. The predicted octanol–water partition coefficient (Wildman–Crippen LogP) is 1.92. The van der Waals surface area contributed by atoms with E-state index in [1.165, 1.54) is 17.7 Å². The van der Waals surface area contributed by atoms with Crippen molar-refractivity contribution in [3.05, 3.63) is 42.0 Å². The molecule has 0 bridgehead atoms. The van der Waals surface area contributed by atoms with Crippen LogP contribution in [0.15, 0.2) is 35.5 Å². The Morgan fingerprint density at radius 1 is 1.28 bits per heavy atom. The second-order valence-electron chi connectivity index (χ2n) is 6.13. The topological polar surface area (TPSA) is 84.3 Å². The van der Waals surface area contributed by atoms with Crippen LogP contribution in [-0.2, 0) is 16.6 Å². The summed E-state index contributed by atoms with van der Waals surface area (Å²) in [4.78, 5) is 17.1. The van der Waals surface area contributed by atoms with Gasteiger partial charge in [0, 0.05) is 13.1 Å². The van der Waals surface area contributed by atoms with E-state index in [1.54, 1.807) is 28.8 Å². The molecule has 2 heterocycles. The average Bonchev–Trinajstić information content (AvgIpc) is 2.99. The molecule has 1 aromatic heterocycles. The van der Waals surface area contributed by atoms with Crippen molar-refractivity contribution in [1.29, 1.82) is 0 Å². The van der Waals surface area contributed by atoms with E-state index in [-0.39, 0.29) is 29.1 Å². The zero-order chi connectivity index (χ0) is 18.2. The Hall–Kier alpha value is -2.19. The Morgan fingerprint density at radius 3 is 2.64 bits per heavy atom. The first-order valence-electron chi connectivity index (χ1n) is 8.33. The van der Waals surface area contributed by atoms with E-state index in [9.17, 15) is 13.2 Å². The second-order valence-corrected chi connectivity index (χ2v) is 8.14. The summed E-state index contributed by atoms with van der Waals surface area (Å²) in [5.74, 6) is -0.271. The van der Waals surface area contributed by atoms with Crippen molar-refractivity contribution in [1.82, 2.24) is 19.2 Å². The molecule has 0 saturated heterocycles. The van der Waals surface area contributed by atoms with Gasteiger partial charge in [0.2, 0.25) is 10.0 Å². The van der Waals surface area contributed by atoms with Crippen LogP contribution in [-0.4, -0.2) is 41.3 Å². The third-order valence-electron chi connectivity index (χ3n) is 4.59. The standard InChI is InChI=1S/C17H22N4O3S/c1-4-12(5-2)19-17(22)16-14-10-20(3)25(23,24)15-9-7-6-8-13(15)21(14)11-18-16/h6-9,11-12H,4-5,10H2,1-3H3,(H,19,22). The lowest BCUT2D eigenvalue weighted by molar-refractivity contribution is 0.0928. The summed E-state index contributed by atoms with van der Waals surface area (Å²) in [6, 6.07) is 6.82. The van der Waals surface area contributed by atoms with Crippen LogP contribution < -0.4 is 5.32 Å². The van der Waals surface area contributed by atoms with Gasteiger partial charge in [-0.15, -0.1) is 0 Å². The number of carbonyl (C=O) groups excluding carboxylic acids is 1. The first kappa shape index (κ1) is 17.6. The molecule has 0 atom stereocenters. The first-order chi connectivity index (χ1) is 11.9. The number of aromatic nitrogens is 2. The Kier molecular flexibility index (Phi) is 4.66.